The van der Waals surface area contributed by atoms with Crippen molar-refractivity contribution in [1.29, 1.82) is 0 Å². The number of nitrogens with zero attached hydrogens (tertiary/aromatic N) is 2. The van der Waals surface area contributed by atoms with E-state index in [1.165, 1.54) is 44.5 Å². The summed E-state index contributed by atoms with van der Waals surface area (Å²) < 4.78 is 6.56. The van der Waals surface area contributed by atoms with Gasteiger partial charge in [-0.15, -0.1) is 0 Å². The number of fused-ring (bicyclic) bond motifs is 1. The van der Waals surface area contributed by atoms with E-state index in [9.17, 15) is 0 Å². The molecule has 0 saturated heterocycles. The number of anilines is 1. The van der Waals surface area contributed by atoms with E-state index in [1.807, 2.05) is 0 Å². The maximum absolute atomic E-state index is 6.56. The molecule has 2 heterocycles. The summed E-state index contributed by atoms with van der Waals surface area (Å²) in [6, 6.07) is 27.4. The molecular weight excluding hydrogens is 707 g/mol. The van der Waals surface area contributed by atoms with Gasteiger partial charge >= 0.3 is 0 Å². The largest absolute Gasteiger partial charge is 0.436 e. The Morgan fingerprint density at radius 3 is 1.47 bits per heavy atom. The molecule has 1 unspecified atom stereocenters. The SMILES string of the molecule is CC(C)(C)c1cc(C=CC2=CC(c3cc(C(C)(C)C)cc(C(C)(C)C)c3)N(c3ccc(-c4nc5c(C(C)(C)C)cc(C(C)(C)C)cc5o4)cc3)N2)cc(C(C)(C)C)c1. The lowest BCUT2D eigenvalue weighted by Gasteiger charge is -2.31. The van der Waals surface area contributed by atoms with Gasteiger partial charge in [-0.2, -0.15) is 0 Å². The second-order valence-electron chi connectivity index (χ2n) is 23.0. The third kappa shape index (κ3) is 9.33. The molecule has 0 aliphatic carbocycles. The lowest BCUT2D eigenvalue weighted by atomic mass is 9.79. The summed E-state index contributed by atoms with van der Waals surface area (Å²) >= 11 is 0. The van der Waals surface area contributed by atoms with E-state index in [2.05, 4.69) is 226 Å². The van der Waals surface area contributed by atoms with Gasteiger partial charge in [-0.1, -0.05) is 173 Å². The Morgan fingerprint density at radius 2 is 1.00 bits per heavy atom. The predicted molar refractivity (Wildman–Crippen MR) is 250 cm³/mol. The Balaban J connectivity index is 1.43. The van der Waals surface area contributed by atoms with Crippen LogP contribution in [0.3, 0.4) is 0 Å². The average Bonchev–Trinajstić information content (AvgIpc) is 3.73. The van der Waals surface area contributed by atoms with Gasteiger partial charge in [-0.25, -0.2) is 4.98 Å². The number of hydrogen-bond acceptors (Lipinski definition) is 4. The van der Waals surface area contributed by atoms with E-state index in [4.69, 9.17) is 9.40 Å². The maximum Gasteiger partial charge on any atom is 0.227 e. The van der Waals surface area contributed by atoms with Gasteiger partial charge in [0.1, 0.15) is 5.52 Å². The van der Waals surface area contributed by atoms with Crippen molar-refractivity contribution in [3.8, 4) is 11.5 Å². The average molecular weight is 778 g/mol. The minimum atomic E-state index is -0.0749. The van der Waals surface area contributed by atoms with E-state index in [0.29, 0.717) is 5.89 Å². The van der Waals surface area contributed by atoms with Crippen LogP contribution < -0.4 is 10.4 Å². The van der Waals surface area contributed by atoms with E-state index in [1.54, 1.807) is 0 Å². The van der Waals surface area contributed by atoms with Crippen LogP contribution in [0.15, 0.2) is 95.1 Å². The van der Waals surface area contributed by atoms with Gasteiger partial charge in [0.15, 0.2) is 5.58 Å². The quantitative estimate of drug-likeness (QED) is 0.193. The lowest BCUT2D eigenvalue weighted by Crippen LogP contribution is -2.34. The zero-order valence-corrected chi connectivity index (χ0v) is 39.0. The Kier molecular flexibility index (Phi) is 10.8. The van der Waals surface area contributed by atoms with Crippen molar-refractivity contribution in [2.75, 3.05) is 5.01 Å². The summed E-state index contributed by atoms with van der Waals surface area (Å²) in [7, 11) is 0. The van der Waals surface area contributed by atoms with Crippen LogP contribution in [0.25, 0.3) is 28.6 Å². The second kappa shape index (κ2) is 14.6. The number of allylic oxidation sites excluding steroid dienone is 1. The molecule has 4 heteroatoms. The first kappa shape index (κ1) is 43.0. The van der Waals surface area contributed by atoms with Crippen molar-refractivity contribution in [2.45, 2.75) is 163 Å². The Morgan fingerprint density at radius 1 is 0.534 bits per heavy atom. The van der Waals surface area contributed by atoms with Crippen LogP contribution in [0.5, 0.6) is 0 Å². The number of aromatic nitrogens is 1. The third-order valence-corrected chi connectivity index (χ3v) is 11.6. The summed E-state index contributed by atoms with van der Waals surface area (Å²) in [5.74, 6) is 0.644. The van der Waals surface area contributed by atoms with Gasteiger partial charge in [-0.3, -0.25) is 10.4 Å². The van der Waals surface area contributed by atoms with Gasteiger partial charge in [0.2, 0.25) is 5.89 Å². The highest BCUT2D eigenvalue weighted by Gasteiger charge is 2.30. The van der Waals surface area contributed by atoms with Crippen LogP contribution in [0.2, 0.25) is 0 Å². The molecule has 0 fully saturated rings. The molecule has 5 aromatic rings. The second-order valence-corrected chi connectivity index (χ2v) is 23.0. The molecule has 58 heavy (non-hydrogen) atoms. The molecular formula is C54H71N3O. The minimum absolute atomic E-state index is 0.00385. The first-order valence-electron chi connectivity index (χ1n) is 21.3. The zero-order chi connectivity index (χ0) is 43.0. The molecule has 1 N–H and O–H groups in total. The summed E-state index contributed by atoms with van der Waals surface area (Å²) in [5, 5.41) is 2.31. The topological polar surface area (TPSA) is 41.3 Å². The highest BCUT2D eigenvalue weighted by Crippen LogP contribution is 2.41. The van der Waals surface area contributed by atoms with Crippen LogP contribution in [-0.2, 0) is 32.5 Å². The molecule has 1 aromatic heterocycles. The lowest BCUT2D eigenvalue weighted by molar-refractivity contribution is 0.564. The fraction of sp³-hybridized carbons (Fsp3) is 0.463. The summed E-state index contributed by atoms with van der Waals surface area (Å²) in [4.78, 5) is 5.12. The van der Waals surface area contributed by atoms with Gasteiger partial charge in [0.05, 0.1) is 17.4 Å². The van der Waals surface area contributed by atoms with E-state index in [-0.39, 0.29) is 38.5 Å². The number of hydrazine groups is 1. The molecule has 0 saturated carbocycles. The van der Waals surface area contributed by atoms with Crippen molar-refractivity contribution in [3.05, 3.63) is 135 Å². The summed E-state index contributed by atoms with van der Waals surface area (Å²) in [6.07, 6.45) is 6.88. The van der Waals surface area contributed by atoms with Gasteiger partial charge in [-0.05, 0) is 119 Å². The Labute approximate surface area is 351 Å². The van der Waals surface area contributed by atoms with Crippen LogP contribution in [0, 0.1) is 0 Å². The standard InChI is InChI=1S/C54H71N3O/c1-49(2,3)37-25-34(26-38(29-37)50(4,5)6)19-22-42-33-45(36-27-39(51(7,8)9)30-40(28-36)52(10,11)12)57(56-42)43-23-20-35(21-24-43)48-55-47-44(54(16,17)18)31-41(53(13,14)15)32-46(47)58-48/h19-33,45,56H,1-18H3. The molecule has 0 bridgehead atoms. The van der Waals surface area contributed by atoms with Crippen molar-refractivity contribution < 1.29 is 4.42 Å². The predicted octanol–water partition coefficient (Wildman–Crippen LogP) is 14.9. The van der Waals surface area contributed by atoms with Crippen molar-refractivity contribution in [3.63, 3.8) is 0 Å². The fourth-order valence-electron chi connectivity index (χ4n) is 7.46. The molecule has 0 spiro atoms. The number of rotatable bonds is 5. The van der Waals surface area contributed by atoms with Gasteiger partial charge in [0, 0.05) is 5.56 Å². The monoisotopic (exact) mass is 778 g/mol. The molecule has 0 amide bonds. The molecule has 308 valence electrons. The van der Waals surface area contributed by atoms with E-state index >= 15 is 0 Å². The van der Waals surface area contributed by atoms with E-state index < -0.39 is 0 Å². The van der Waals surface area contributed by atoms with Gasteiger partial charge < -0.3 is 4.42 Å². The van der Waals surface area contributed by atoms with Crippen LogP contribution >= 0.6 is 0 Å². The Hall–Kier alpha value is -4.57. The van der Waals surface area contributed by atoms with Crippen molar-refractivity contribution in [1.82, 2.24) is 10.4 Å². The van der Waals surface area contributed by atoms with Crippen molar-refractivity contribution in [2.24, 2.45) is 0 Å². The fourth-order valence-corrected chi connectivity index (χ4v) is 7.46. The molecule has 1 atom stereocenters. The summed E-state index contributed by atoms with van der Waals surface area (Å²) in [5.41, 5.74) is 19.1. The highest BCUT2D eigenvalue weighted by molar-refractivity contribution is 5.82. The van der Waals surface area contributed by atoms with E-state index in [0.717, 1.165) is 28.0 Å². The molecule has 4 nitrogen and oxygen atoms in total. The van der Waals surface area contributed by atoms with Crippen molar-refractivity contribution >= 4 is 22.9 Å². The van der Waals surface area contributed by atoms with Crippen LogP contribution in [-0.4, -0.2) is 4.98 Å². The molecule has 6 rings (SSSR count). The number of benzene rings is 4. The first-order chi connectivity index (χ1) is 26.5. The number of oxazole rings is 1. The van der Waals surface area contributed by atoms with Crippen LogP contribution in [0.4, 0.5) is 5.69 Å². The third-order valence-electron chi connectivity index (χ3n) is 11.6. The maximum atomic E-state index is 6.56. The highest BCUT2D eigenvalue weighted by atomic mass is 16.3. The van der Waals surface area contributed by atoms with Gasteiger partial charge in [0.25, 0.3) is 0 Å². The molecule has 4 aromatic carbocycles. The number of hydrogen-bond donors (Lipinski definition) is 1. The Bertz CT molecular complexity index is 2300. The summed E-state index contributed by atoms with van der Waals surface area (Å²) in [6.45, 7) is 41.2. The normalized spacial score (nSPS) is 16.1. The number of nitrogens with one attached hydrogen (secondary N) is 1. The molecule has 1 aliphatic heterocycles. The molecule has 0 radical (unpaired) electrons. The smallest absolute Gasteiger partial charge is 0.227 e. The zero-order valence-electron chi connectivity index (χ0n) is 39.0. The minimum Gasteiger partial charge on any atom is -0.436 e. The molecule has 1 aliphatic rings. The first-order valence-corrected chi connectivity index (χ1v) is 21.3. The van der Waals surface area contributed by atoms with Crippen LogP contribution in [0.1, 0.15) is 175 Å².